The maximum Gasteiger partial charge on any atom is 0.344 e. The molecule has 1 aliphatic carbocycles. The van der Waals surface area contributed by atoms with Gasteiger partial charge in [0.05, 0.1) is 0 Å². The number of benzene rings is 2. The number of aryl methyl sites for hydroxylation is 3. The Morgan fingerprint density at radius 2 is 1.73 bits per heavy atom. The highest BCUT2D eigenvalue weighted by Crippen LogP contribution is 2.24. The van der Waals surface area contributed by atoms with Crippen LogP contribution in [-0.2, 0) is 28.9 Å². The van der Waals surface area contributed by atoms with Gasteiger partial charge in [0.2, 0.25) is 5.91 Å². The van der Waals surface area contributed by atoms with E-state index in [1.165, 1.54) is 17.5 Å². The summed E-state index contributed by atoms with van der Waals surface area (Å²) in [6, 6.07) is 14.8. The molecule has 1 atom stereocenters. The van der Waals surface area contributed by atoms with Crippen LogP contribution < -0.4 is 10.7 Å². The zero-order valence-corrected chi connectivity index (χ0v) is 18.9. The second kappa shape index (κ2) is 9.57. The molecule has 2 N–H and O–H groups in total. The Labute approximate surface area is 193 Å². The second-order valence-electron chi connectivity index (χ2n) is 9.04. The van der Waals surface area contributed by atoms with Crippen LogP contribution in [0.3, 0.4) is 0 Å². The van der Waals surface area contributed by atoms with E-state index in [1.54, 1.807) is 6.92 Å². The Balaban J connectivity index is 1.30. The molecule has 0 spiro atoms. The van der Waals surface area contributed by atoms with Gasteiger partial charge in [0, 0.05) is 18.4 Å². The summed E-state index contributed by atoms with van der Waals surface area (Å²) in [5.41, 5.74) is 5.44. The Hall–Kier alpha value is -3.48. The maximum atomic E-state index is 12.9. The molecule has 1 heterocycles. The summed E-state index contributed by atoms with van der Waals surface area (Å²) in [5, 5.41) is 3.41. The van der Waals surface area contributed by atoms with E-state index < -0.39 is 23.4 Å². The van der Waals surface area contributed by atoms with Crippen LogP contribution in [-0.4, -0.2) is 34.2 Å². The number of hydrogen-bond donors (Lipinski definition) is 2. The molecule has 1 fully saturated rings. The van der Waals surface area contributed by atoms with Crippen molar-refractivity contribution < 1.29 is 19.2 Å². The molecule has 1 aliphatic heterocycles. The highest BCUT2D eigenvalue weighted by atomic mass is 16.2. The molecule has 0 unspecified atom stereocenters. The summed E-state index contributed by atoms with van der Waals surface area (Å²) in [6.45, 7) is 1.65. The lowest BCUT2D eigenvalue weighted by Gasteiger charge is -2.21. The van der Waals surface area contributed by atoms with Gasteiger partial charge in [-0.15, -0.1) is 0 Å². The second-order valence-corrected chi connectivity index (χ2v) is 9.04. The minimum Gasteiger partial charge on any atom is -0.322 e. The van der Waals surface area contributed by atoms with E-state index in [0.29, 0.717) is 18.4 Å². The summed E-state index contributed by atoms with van der Waals surface area (Å²) in [5.74, 6) is -1.17. The zero-order chi connectivity index (χ0) is 23.4. The third-order valence-corrected chi connectivity index (χ3v) is 6.50. The Kier molecular flexibility index (Phi) is 6.58. The Morgan fingerprint density at radius 1 is 1.00 bits per heavy atom. The highest BCUT2D eigenvalue weighted by Gasteiger charge is 2.48. The van der Waals surface area contributed by atoms with Crippen LogP contribution in [0.2, 0.25) is 0 Å². The number of hydrogen-bond acceptors (Lipinski definition) is 4. The predicted octanol–water partition coefficient (Wildman–Crippen LogP) is 3.50. The van der Waals surface area contributed by atoms with Crippen LogP contribution in [0.4, 0.5) is 4.79 Å². The lowest BCUT2D eigenvalue weighted by molar-refractivity contribution is -0.138. The number of nitrogens with one attached hydrogen (secondary N) is 2. The molecular formula is C26H29N3O4. The van der Waals surface area contributed by atoms with Crippen molar-refractivity contribution in [1.29, 1.82) is 0 Å². The predicted molar refractivity (Wildman–Crippen MR) is 123 cm³/mol. The number of hydrazine groups is 1. The van der Waals surface area contributed by atoms with E-state index in [9.17, 15) is 19.2 Å². The van der Waals surface area contributed by atoms with Crippen LogP contribution in [0.1, 0.15) is 66.1 Å². The van der Waals surface area contributed by atoms with Gasteiger partial charge in [-0.1, -0.05) is 42.5 Å². The molecule has 4 rings (SSSR count). The van der Waals surface area contributed by atoms with Gasteiger partial charge in [-0.3, -0.25) is 19.8 Å². The molecule has 0 aromatic heterocycles. The van der Waals surface area contributed by atoms with Crippen molar-refractivity contribution in [2.45, 2.75) is 63.8 Å². The first kappa shape index (κ1) is 22.7. The van der Waals surface area contributed by atoms with Crippen molar-refractivity contribution in [3.05, 3.63) is 70.8 Å². The summed E-state index contributed by atoms with van der Waals surface area (Å²) in [6.07, 6.45) is 5.25. The van der Waals surface area contributed by atoms with Crippen molar-refractivity contribution in [3.63, 3.8) is 0 Å². The van der Waals surface area contributed by atoms with Gasteiger partial charge in [0.25, 0.3) is 5.91 Å². The first-order valence-electron chi connectivity index (χ1n) is 11.5. The van der Waals surface area contributed by atoms with E-state index in [2.05, 4.69) is 10.7 Å². The van der Waals surface area contributed by atoms with Gasteiger partial charge in [0.15, 0.2) is 5.78 Å². The summed E-state index contributed by atoms with van der Waals surface area (Å²) >= 11 is 0. The van der Waals surface area contributed by atoms with Gasteiger partial charge in [-0.2, -0.15) is 5.01 Å². The molecule has 172 valence electrons. The quantitative estimate of drug-likeness (QED) is 0.478. The minimum atomic E-state index is -1.10. The van der Waals surface area contributed by atoms with Crippen molar-refractivity contribution in [2.75, 3.05) is 0 Å². The van der Waals surface area contributed by atoms with Crippen LogP contribution in [0, 0.1) is 0 Å². The molecule has 4 amide bonds. The van der Waals surface area contributed by atoms with Crippen molar-refractivity contribution >= 4 is 23.6 Å². The molecule has 2 aliphatic rings. The fraction of sp³-hybridized carbons (Fsp3) is 0.385. The van der Waals surface area contributed by atoms with Crippen molar-refractivity contribution in [3.8, 4) is 0 Å². The van der Waals surface area contributed by atoms with Gasteiger partial charge in [0.1, 0.15) is 5.54 Å². The standard InChI is InChI=1S/C26H29N3O4/c1-26(16-15-18-7-3-2-4-8-18)24(32)29(25(33)27-26)28-23(31)14-13-22(30)21-12-11-19-9-5-6-10-20(19)17-21/h2-4,7-8,11-12,17H,5-6,9-10,13-16H2,1H3,(H,27,33)(H,28,31)/t26-/m0/s1. The molecule has 2 aromatic rings. The first-order valence-corrected chi connectivity index (χ1v) is 11.5. The molecule has 33 heavy (non-hydrogen) atoms. The number of rotatable bonds is 8. The van der Waals surface area contributed by atoms with E-state index in [0.717, 1.165) is 29.8 Å². The molecule has 0 radical (unpaired) electrons. The Morgan fingerprint density at radius 3 is 2.48 bits per heavy atom. The van der Waals surface area contributed by atoms with E-state index >= 15 is 0 Å². The molecule has 0 saturated carbocycles. The molecule has 7 nitrogen and oxygen atoms in total. The van der Waals surface area contributed by atoms with Crippen molar-refractivity contribution in [1.82, 2.24) is 15.8 Å². The average Bonchev–Trinajstić information content (AvgIpc) is 3.04. The topological polar surface area (TPSA) is 95.6 Å². The van der Waals surface area contributed by atoms with Crippen LogP contribution in [0.5, 0.6) is 0 Å². The number of carbonyl (C=O) groups excluding carboxylic acids is 4. The minimum absolute atomic E-state index is 0.0134. The molecular weight excluding hydrogens is 418 g/mol. The number of nitrogens with zero attached hydrogens (tertiary/aromatic N) is 1. The third kappa shape index (κ3) is 5.13. The molecule has 7 heteroatoms. The summed E-state index contributed by atoms with van der Waals surface area (Å²) in [4.78, 5) is 50.2. The number of urea groups is 1. The molecule has 2 aromatic carbocycles. The average molecular weight is 448 g/mol. The SMILES string of the molecule is C[C@@]1(CCc2ccccc2)NC(=O)N(NC(=O)CCC(=O)c2ccc3c(c2)CCCC3)C1=O. The van der Waals surface area contributed by atoms with Crippen LogP contribution in [0.25, 0.3) is 0 Å². The highest BCUT2D eigenvalue weighted by molar-refractivity contribution is 6.08. The number of amides is 4. The normalized spacial score (nSPS) is 19.7. The number of fused-ring (bicyclic) bond motifs is 1. The number of carbonyl (C=O) groups is 4. The van der Waals surface area contributed by atoms with E-state index in [-0.39, 0.29) is 18.6 Å². The number of imide groups is 1. The largest absolute Gasteiger partial charge is 0.344 e. The fourth-order valence-corrected chi connectivity index (χ4v) is 4.45. The Bertz CT molecular complexity index is 1080. The maximum absolute atomic E-state index is 12.9. The molecule has 0 bridgehead atoms. The van der Waals surface area contributed by atoms with Gasteiger partial charge in [-0.05, 0) is 68.2 Å². The zero-order valence-electron chi connectivity index (χ0n) is 18.9. The smallest absolute Gasteiger partial charge is 0.322 e. The van der Waals surface area contributed by atoms with Crippen LogP contribution >= 0.6 is 0 Å². The van der Waals surface area contributed by atoms with Gasteiger partial charge < -0.3 is 5.32 Å². The molecule has 1 saturated heterocycles. The van der Waals surface area contributed by atoms with Crippen molar-refractivity contribution in [2.24, 2.45) is 0 Å². The first-order chi connectivity index (χ1) is 15.9. The summed E-state index contributed by atoms with van der Waals surface area (Å²) < 4.78 is 0. The lowest BCUT2D eigenvalue weighted by atomic mass is 9.89. The monoisotopic (exact) mass is 447 g/mol. The van der Waals surface area contributed by atoms with Crippen LogP contribution in [0.15, 0.2) is 48.5 Å². The third-order valence-electron chi connectivity index (χ3n) is 6.50. The van der Waals surface area contributed by atoms with E-state index in [1.807, 2.05) is 48.5 Å². The fourth-order valence-electron chi connectivity index (χ4n) is 4.45. The van der Waals surface area contributed by atoms with E-state index in [4.69, 9.17) is 0 Å². The number of ketones is 1. The van der Waals surface area contributed by atoms with Gasteiger partial charge in [-0.25, -0.2) is 4.79 Å². The van der Waals surface area contributed by atoms with Gasteiger partial charge >= 0.3 is 6.03 Å². The lowest BCUT2D eigenvalue weighted by Crippen LogP contribution is -2.49. The summed E-state index contributed by atoms with van der Waals surface area (Å²) in [7, 11) is 0. The number of Topliss-reactive ketones (excluding diaryl/α,β-unsaturated/α-hetero) is 1.